The molecular weight excluding hydrogens is 212 g/mol. The molecule has 3 heteroatoms. The average molecular weight is 236 g/mol. The maximum absolute atomic E-state index is 5.91. The molecule has 1 saturated carbocycles. The SMILES string of the molecule is CC(Cc1ccco1)NCC1CCC(N)CC1. The fraction of sp³-hybridized carbons (Fsp3) is 0.714. The Balaban J connectivity index is 1.64. The van der Waals surface area contributed by atoms with E-state index >= 15 is 0 Å². The van der Waals surface area contributed by atoms with Crippen LogP contribution in [0.25, 0.3) is 0 Å². The van der Waals surface area contributed by atoms with Crippen molar-refractivity contribution in [1.82, 2.24) is 5.32 Å². The lowest BCUT2D eigenvalue weighted by Crippen LogP contribution is -2.36. The smallest absolute Gasteiger partial charge is 0.105 e. The topological polar surface area (TPSA) is 51.2 Å². The largest absolute Gasteiger partial charge is 0.469 e. The molecule has 1 fully saturated rings. The highest BCUT2D eigenvalue weighted by Gasteiger charge is 2.18. The summed E-state index contributed by atoms with van der Waals surface area (Å²) in [4.78, 5) is 0. The molecule has 17 heavy (non-hydrogen) atoms. The minimum absolute atomic E-state index is 0.451. The number of hydrogen-bond acceptors (Lipinski definition) is 3. The van der Waals surface area contributed by atoms with Gasteiger partial charge in [0.25, 0.3) is 0 Å². The van der Waals surface area contributed by atoms with Crippen LogP contribution in [0, 0.1) is 5.92 Å². The van der Waals surface area contributed by atoms with Crippen LogP contribution in [0.15, 0.2) is 22.8 Å². The van der Waals surface area contributed by atoms with Gasteiger partial charge in [0.2, 0.25) is 0 Å². The summed E-state index contributed by atoms with van der Waals surface area (Å²) in [7, 11) is 0. The van der Waals surface area contributed by atoms with E-state index in [9.17, 15) is 0 Å². The van der Waals surface area contributed by atoms with Gasteiger partial charge in [0, 0.05) is 18.5 Å². The first kappa shape index (κ1) is 12.7. The van der Waals surface area contributed by atoms with Gasteiger partial charge in [-0.15, -0.1) is 0 Å². The highest BCUT2D eigenvalue weighted by Crippen LogP contribution is 2.22. The van der Waals surface area contributed by atoms with Crippen LogP contribution in [0.2, 0.25) is 0 Å². The van der Waals surface area contributed by atoms with Crippen LogP contribution in [-0.2, 0) is 6.42 Å². The predicted molar refractivity (Wildman–Crippen MR) is 69.8 cm³/mol. The summed E-state index contributed by atoms with van der Waals surface area (Å²) in [6.07, 6.45) is 7.66. The van der Waals surface area contributed by atoms with E-state index in [1.807, 2.05) is 12.1 Å². The number of nitrogens with two attached hydrogens (primary N) is 1. The maximum Gasteiger partial charge on any atom is 0.105 e. The molecule has 0 aromatic carbocycles. The molecule has 1 aliphatic carbocycles. The summed E-state index contributed by atoms with van der Waals surface area (Å²) in [5.74, 6) is 1.88. The second-order valence-electron chi connectivity index (χ2n) is 5.37. The molecule has 0 bridgehead atoms. The van der Waals surface area contributed by atoms with Crippen molar-refractivity contribution in [2.45, 2.75) is 51.1 Å². The van der Waals surface area contributed by atoms with E-state index in [4.69, 9.17) is 10.2 Å². The molecule has 1 atom stereocenters. The van der Waals surface area contributed by atoms with Gasteiger partial charge >= 0.3 is 0 Å². The van der Waals surface area contributed by atoms with E-state index in [-0.39, 0.29) is 0 Å². The molecule has 0 amide bonds. The van der Waals surface area contributed by atoms with Crippen LogP contribution < -0.4 is 11.1 Å². The summed E-state index contributed by atoms with van der Waals surface area (Å²) in [5.41, 5.74) is 5.91. The van der Waals surface area contributed by atoms with E-state index in [1.165, 1.54) is 25.7 Å². The molecule has 3 N–H and O–H groups in total. The Hall–Kier alpha value is -0.800. The number of rotatable bonds is 5. The first-order chi connectivity index (χ1) is 8.24. The highest BCUT2D eigenvalue weighted by molar-refractivity contribution is 4.99. The van der Waals surface area contributed by atoms with Crippen molar-refractivity contribution in [2.75, 3.05) is 6.54 Å². The molecule has 0 saturated heterocycles. The molecule has 1 aromatic rings. The van der Waals surface area contributed by atoms with Crippen LogP contribution in [0.3, 0.4) is 0 Å². The van der Waals surface area contributed by atoms with Crippen molar-refractivity contribution in [2.24, 2.45) is 11.7 Å². The van der Waals surface area contributed by atoms with Gasteiger partial charge in [-0.1, -0.05) is 0 Å². The van der Waals surface area contributed by atoms with Gasteiger partial charge < -0.3 is 15.5 Å². The third-order valence-electron chi connectivity index (χ3n) is 3.73. The third kappa shape index (κ3) is 4.17. The van der Waals surface area contributed by atoms with Crippen molar-refractivity contribution in [3.63, 3.8) is 0 Å². The fourth-order valence-corrected chi connectivity index (χ4v) is 2.56. The van der Waals surface area contributed by atoms with Crippen LogP contribution in [0.4, 0.5) is 0 Å². The van der Waals surface area contributed by atoms with Gasteiger partial charge in [-0.05, 0) is 57.2 Å². The normalized spacial score (nSPS) is 26.9. The van der Waals surface area contributed by atoms with Gasteiger partial charge in [-0.2, -0.15) is 0 Å². The second kappa shape index (κ2) is 6.22. The highest BCUT2D eigenvalue weighted by atomic mass is 16.3. The van der Waals surface area contributed by atoms with Crippen LogP contribution in [0.1, 0.15) is 38.4 Å². The van der Waals surface area contributed by atoms with Crippen molar-refractivity contribution in [3.05, 3.63) is 24.2 Å². The van der Waals surface area contributed by atoms with Crippen molar-refractivity contribution < 1.29 is 4.42 Å². The monoisotopic (exact) mass is 236 g/mol. The standard InChI is InChI=1S/C14H24N2O/c1-11(9-14-3-2-8-17-14)16-10-12-4-6-13(15)7-5-12/h2-3,8,11-13,16H,4-7,9-10,15H2,1H3. The molecular formula is C14H24N2O. The summed E-state index contributed by atoms with van der Waals surface area (Å²) in [6.45, 7) is 3.34. The Morgan fingerprint density at radius 3 is 2.82 bits per heavy atom. The van der Waals surface area contributed by atoms with E-state index in [0.717, 1.165) is 24.6 Å². The zero-order valence-electron chi connectivity index (χ0n) is 10.7. The molecule has 3 nitrogen and oxygen atoms in total. The Bertz CT molecular complexity index is 302. The Morgan fingerprint density at radius 1 is 1.41 bits per heavy atom. The summed E-state index contributed by atoms with van der Waals surface area (Å²) in [6, 6.07) is 4.92. The zero-order valence-corrected chi connectivity index (χ0v) is 10.7. The van der Waals surface area contributed by atoms with E-state index in [0.29, 0.717) is 12.1 Å². The number of nitrogens with one attached hydrogen (secondary N) is 1. The van der Waals surface area contributed by atoms with Crippen LogP contribution in [-0.4, -0.2) is 18.6 Å². The predicted octanol–water partition coefficient (Wildman–Crippen LogP) is 2.32. The van der Waals surface area contributed by atoms with Crippen molar-refractivity contribution in [1.29, 1.82) is 0 Å². The first-order valence-electron chi connectivity index (χ1n) is 6.75. The third-order valence-corrected chi connectivity index (χ3v) is 3.73. The summed E-state index contributed by atoms with van der Waals surface area (Å²) < 4.78 is 5.35. The molecule has 0 radical (unpaired) electrons. The number of furan rings is 1. The van der Waals surface area contributed by atoms with Gasteiger partial charge in [-0.3, -0.25) is 0 Å². The molecule has 1 heterocycles. The van der Waals surface area contributed by atoms with E-state index in [1.54, 1.807) is 6.26 Å². The Labute approximate surface area is 104 Å². The quantitative estimate of drug-likeness (QED) is 0.825. The minimum Gasteiger partial charge on any atom is -0.469 e. The van der Waals surface area contributed by atoms with Gasteiger partial charge in [-0.25, -0.2) is 0 Å². The minimum atomic E-state index is 0.451. The van der Waals surface area contributed by atoms with Crippen LogP contribution in [0.5, 0.6) is 0 Å². The lowest BCUT2D eigenvalue weighted by Gasteiger charge is -2.27. The Kier molecular flexibility index (Phi) is 4.63. The Morgan fingerprint density at radius 2 is 2.18 bits per heavy atom. The fourth-order valence-electron chi connectivity index (χ4n) is 2.56. The first-order valence-corrected chi connectivity index (χ1v) is 6.75. The number of hydrogen-bond donors (Lipinski definition) is 2. The molecule has 0 spiro atoms. The lowest BCUT2D eigenvalue weighted by molar-refractivity contribution is 0.303. The molecule has 1 aromatic heterocycles. The van der Waals surface area contributed by atoms with Crippen molar-refractivity contribution in [3.8, 4) is 0 Å². The second-order valence-corrected chi connectivity index (χ2v) is 5.37. The molecule has 2 rings (SSSR count). The lowest BCUT2D eigenvalue weighted by atomic mass is 9.86. The van der Waals surface area contributed by atoms with Crippen molar-refractivity contribution >= 4 is 0 Å². The summed E-state index contributed by atoms with van der Waals surface area (Å²) >= 11 is 0. The molecule has 1 aliphatic rings. The summed E-state index contributed by atoms with van der Waals surface area (Å²) in [5, 5.41) is 3.60. The van der Waals surface area contributed by atoms with E-state index < -0.39 is 0 Å². The van der Waals surface area contributed by atoms with Gasteiger partial charge in [0.1, 0.15) is 5.76 Å². The maximum atomic E-state index is 5.91. The van der Waals surface area contributed by atoms with E-state index in [2.05, 4.69) is 12.2 Å². The molecule has 0 aliphatic heterocycles. The van der Waals surface area contributed by atoms with Gasteiger partial charge in [0.15, 0.2) is 0 Å². The van der Waals surface area contributed by atoms with Gasteiger partial charge in [0.05, 0.1) is 6.26 Å². The average Bonchev–Trinajstić information content (AvgIpc) is 2.81. The molecule has 96 valence electrons. The zero-order chi connectivity index (χ0) is 12.1. The molecule has 1 unspecified atom stereocenters. The van der Waals surface area contributed by atoms with Crippen LogP contribution >= 0.6 is 0 Å².